The molecule has 0 amide bonds. The van der Waals surface area contributed by atoms with Crippen LogP contribution in [0.1, 0.15) is 92.7 Å². The summed E-state index contributed by atoms with van der Waals surface area (Å²) in [5.74, 6) is 4.72. The van der Waals surface area contributed by atoms with E-state index in [2.05, 4.69) is 32.1 Å². The number of hydrogen-bond acceptors (Lipinski definition) is 7. The van der Waals surface area contributed by atoms with Gasteiger partial charge in [0.05, 0.1) is 6.04 Å². The molecule has 0 spiro atoms. The van der Waals surface area contributed by atoms with Crippen molar-refractivity contribution in [2.45, 2.75) is 69.2 Å². The second-order valence-electron chi connectivity index (χ2n) is 7.54. The summed E-state index contributed by atoms with van der Waals surface area (Å²) >= 11 is 0. The third-order valence-electron chi connectivity index (χ3n) is 5.51. The molecule has 7 heteroatoms. The van der Waals surface area contributed by atoms with Crippen LogP contribution in [0.15, 0.2) is 9.05 Å². The van der Waals surface area contributed by atoms with E-state index in [0.717, 1.165) is 49.4 Å². The van der Waals surface area contributed by atoms with Crippen LogP contribution in [0.2, 0.25) is 0 Å². The number of nitrogens with zero attached hydrogens (tertiary/aromatic N) is 5. The van der Waals surface area contributed by atoms with E-state index in [4.69, 9.17) is 9.05 Å². The average Bonchev–Trinajstić information content (AvgIpc) is 3.55. The summed E-state index contributed by atoms with van der Waals surface area (Å²) < 4.78 is 11.0. The van der Waals surface area contributed by atoms with Crippen molar-refractivity contribution in [3.05, 3.63) is 23.4 Å². The molecule has 0 radical (unpaired) electrons. The first-order valence-electron chi connectivity index (χ1n) is 9.19. The van der Waals surface area contributed by atoms with Crippen LogP contribution in [0.25, 0.3) is 0 Å². The van der Waals surface area contributed by atoms with E-state index in [1.54, 1.807) is 0 Å². The maximum absolute atomic E-state index is 5.51. The lowest BCUT2D eigenvalue weighted by atomic mass is 9.96. The van der Waals surface area contributed by atoms with Crippen LogP contribution in [-0.4, -0.2) is 38.3 Å². The Kier molecular flexibility index (Phi) is 3.43. The normalized spacial score (nSPS) is 26.6. The third-order valence-corrected chi connectivity index (χ3v) is 5.51. The van der Waals surface area contributed by atoms with Crippen LogP contribution in [0.5, 0.6) is 0 Å². The standard InChI is InChI=1S/C17H23N5O2/c1-10(16-18-14(20-23-16)11-4-5-11)22-8-2-3-13(9-22)15-19-17(24-21-15)12-6-7-12/h10-13H,2-9H2,1H3/t10-,13+/m0/s1. The quantitative estimate of drug-likeness (QED) is 0.833. The average molecular weight is 329 g/mol. The van der Waals surface area contributed by atoms with Crippen molar-refractivity contribution < 1.29 is 9.05 Å². The van der Waals surface area contributed by atoms with E-state index in [-0.39, 0.29) is 6.04 Å². The molecule has 2 aromatic rings. The fraction of sp³-hybridized carbons (Fsp3) is 0.765. The largest absolute Gasteiger partial charge is 0.339 e. The summed E-state index contributed by atoms with van der Waals surface area (Å²) in [4.78, 5) is 11.7. The van der Waals surface area contributed by atoms with Crippen LogP contribution < -0.4 is 0 Å². The Bertz CT molecular complexity index is 670. The maximum atomic E-state index is 5.51. The summed E-state index contributed by atoms with van der Waals surface area (Å²) in [7, 11) is 0. The Morgan fingerprint density at radius 2 is 1.67 bits per heavy atom. The van der Waals surface area contributed by atoms with Crippen molar-refractivity contribution >= 4 is 0 Å². The molecule has 7 nitrogen and oxygen atoms in total. The minimum Gasteiger partial charge on any atom is -0.339 e. The Balaban J connectivity index is 1.28. The first-order chi connectivity index (χ1) is 11.8. The van der Waals surface area contributed by atoms with Gasteiger partial charge in [-0.2, -0.15) is 9.97 Å². The highest BCUT2D eigenvalue weighted by atomic mass is 16.5. The molecular weight excluding hydrogens is 306 g/mol. The summed E-state index contributed by atoms with van der Waals surface area (Å²) in [5.41, 5.74) is 0. The zero-order valence-electron chi connectivity index (χ0n) is 14.0. The SMILES string of the molecule is C[C@@H](c1nc(C2CC2)no1)N1CCC[C@@H](c2noc(C3CC3)n2)C1. The van der Waals surface area contributed by atoms with E-state index >= 15 is 0 Å². The van der Waals surface area contributed by atoms with Crippen molar-refractivity contribution in [3.8, 4) is 0 Å². The molecule has 0 N–H and O–H groups in total. The molecule has 1 aliphatic heterocycles. The fourth-order valence-electron chi connectivity index (χ4n) is 3.56. The maximum Gasteiger partial charge on any atom is 0.243 e. The molecule has 1 saturated heterocycles. The topological polar surface area (TPSA) is 81.1 Å². The molecule has 128 valence electrons. The second-order valence-corrected chi connectivity index (χ2v) is 7.54. The molecule has 3 heterocycles. The minimum absolute atomic E-state index is 0.141. The van der Waals surface area contributed by atoms with Crippen LogP contribution >= 0.6 is 0 Å². The highest BCUT2D eigenvalue weighted by molar-refractivity contribution is 5.07. The smallest absolute Gasteiger partial charge is 0.243 e. The van der Waals surface area contributed by atoms with E-state index in [9.17, 15) is 0 Å². The molecular formula is C17H23N5O2. The first-order valence-corrected chi connectivity index (χ1v) is 9.19. The number of hydrogen-bond donors (Lipinski definition) is 0. The second kappa shape index (κ2) is 5.65. The van der Waals surface area contributed by atoms with Gasteiger partial charge >= 0.3 is 0 Å². The molecule has 24 heavy (non-hydrogen) atoms. The summed E-state index contributed by atoms with van der Waals surface area (Å²) in [6.45, 7) is 4.12. The van der Waals surface area contributed by atoms with Crippen LogP contribution in [-0.2, 0) is 0 Å². The molecule has 0 bridgehead atoms. The zero-order chi connectivity index (χ0) is 16.1. The molecule has 2 aromatic heterocycles. The lowest BCUT2D eigenvalue weighted by Gasteiger charge is -2.34. The first kappa shape index (κ1) is 14.6. The van der Waals surface area contributed by atoms with Gasteiger partial charge in [-0.3, -0.25) is 4.90 Å². The van der Waals surface area contributed by atoms with Crippen molar-refractivity contribution in [2.75, 3.05) is 13.1 Å². The Morgan fingerprint density at radius 1 is 0.917 bits per heavy atom. The van der Waals surface area contributed by atoms with Gasteiger partial charge in [-0.1, -0.05) is 10.3 Å². The van der Waals surface area contributed by atoms with E-state index in [1.807, 2.05) is 0 Å². The number of aromatic nitrogens is 4. The fourth-order valence-corrected chi connectivity index (χ4v) is 3.56. The summed E-state index contributed by atoms with van der Waals surface area (Å²) in [6, 6.07) is 0.141. The predicted octanol–water partition coefficient (Wildman–Crippen LogP) is 3.15. The van der Waals surface area contributed by atoms with Gasteiger partial charge in [0, 0.05) is 24.3 Å². The minimum atomic E-state index is 0.141. The lowest BCUT2D eigenvalue weighted by molar-refractivity contribution is 0.130. The Morgan fingerprint density at radius 3 is 2.46 bits per heavy atom. The van der Waals surface area contributed by atoms with E-state index in [0.29, 0.717) is 17.8 Å². The van der Waals surface area contributed by atoms with Crippen LogP contribution in [0.4, 0.5) is 0 Å². The molecule has 2 aliphatic carbocycles. The molecule has 0 aromatic carbocycles. The van der Waals surface area contributed by atoms with E-state index in [1.165, 1.54) is 25.7 Å². The number of piperidine rings is 1. The van der Waals surface area contributed by atoms with Gasteiger partial charge in [-0.25, -0.2) is 0 Å². The van der Waals surface area contributed by atoms with Crippen molar-refractivity contribution in [1.82, 2.24) is 25.2 Å². The van der Waals surface area contributed by atoms with Gasteiger partial charge < -0.3 is 9.05 Å². The van der Waals surface area contributed by atoms with E-state index < -0.39 is 0 Å². The number of rotatable bonds is 5. The molecule has 5 rings (SSSR count). The van der Waals surface area contributed by atoms with Gasteiger partial charge in [0.1, 0.15) is 0 Å². The Labute approximate surface area is 140 Å². The zero-order valence-corrected chi connectivity index (χ0v) is 14.0. The monoisotopic (exact) mass is 329 g/mol. The van der Waals surface area contributed by atoms with Gasteiger partial charge in [-0.05, 0) is 52.0 Å². The van der Waals surface area contributed by atoms with Gasteiger partial charge in [0.2, 0.25) is 11.8 Å². The van der Waals surface area contributed by atoms with Crippen molar-refractivity contribution in [2.24, 2.45) is 0 Å². The molecule has 3 aliphatic rings. The Hall–Kier alpha value is -1.76. The third kappa shape index (κ3) is 2.75. The van der Waals surface area contributed by atoms with Gasteiger partial charge in [0.15, 0.2) is 11.6 Å². The predicted molar refractivity (Wildman–Crippen MR) is 84.5 cm³/mol. The highest BCUT2D eigenvalue weighted by Crippen LogP contribution is 2.40. The molecule has 0 unspecified atom stereocenters. The van der Waals surface area contributed by atoms with Crippen LogP contribution in [0, 0.1) is 0 Å². The van der Waals surface area contributed by atoms with Crippen LogP contribution in [0.3, 0.4) is 0 Å². The van der Waals surface area contributed by atoms with Crippen molar-refractivity contribution in [1.29, 1.82) is 0 Å². The molecule has 2 atom stereocenters. The van der Waals surface area contributed by atoms with Gasteiger partial charge in [-0.15, -0.1) is 0 Å². The summed E-state index contributed by atoms with van der Waals surface area (Å²) in [6.07, 6.45) is 7.02. The summed E-state index contributed by atoms with van der Waals surface area (Å²) in [5, 5.41) is 8.39. The molecule has 2 saturated carbocycles. The van der Waals surface area contributed by atoms with Gasteiger partial charge in [0.25, 0.3) is 0 Å². The lowest BCUT2D eigenvalue weighted by Crippen LogP contribution is -2.36. The number of likely N-dealkylation sites (tertiary alicyclic amines) is 1. The van der Waals surface area contributed by atoms with Crippen molar-refractivity contribution in [3.63, 3.8) is 0 Å². The molecule has 3 fully saturated rings. The highest BCUT2D eigenvalue weighted by Gasteiger charge is 2.35.